The molecule has 0 atom stereocenters. The number of amides is 1. The second-order valence-electron chi connectivity index (χ2n) is 5.37. The quantitative estimate of drug-likeness (QED) is 0.705. The van der Waals surface area contributed by atoms with Crippen LogP contribution in [0, 0.1) is 0 Å². The maximum atomic E-state index is 11.9. The van der Waals surface area contributed by atoms with Gasteiger partial charge in [0, 0.05) is 23.4 Å². The molecule has 5 nitrogen and oxygen atoms in total. The summed E-state index contributed by atoms with van der Waals surface area (Å²) in [6.07, 6.45) is 1.83. The van der Waals surface area contributed by atoms with Crippen LogP contribution in [0.5, 0.6) is 5.75 Å². The first kappa shape index (κ1) is 19.6. The highest BCUT2D eigenvalue weighted by Crippen LogP contribution is 2.27. The number of halogens is 2. The molecule has 0 spiro atoms. The minimum Gasteiger partial charge on any atom is -0.492 e. The molecule has 2 aromatic rings. The van der Waals surface area contributed by atoms with Crippen LogP contribution in [0.2, 0.25) is 10.0 Å². The molecule has 0 unspecified atom stereocenters. The number of nitrogens with one attached hydrogen (secondary N) is 1. The maximum Gasteiger partial charge on any atom is 0.224 e. The molecule has 1 amide bonds. The van der Waals surface area contributed by atoms with Gasteiger partial charge in [-0.05, 0) is 42.8 Å². The topological polar surface area (TPSA) is 72.5 Å². The molecule has 0 saturated heterocycles. The first-order chi connectivity index (χ1) is 11.8. The summed E-state index contributed by atoms with van der Waals surface area (Å²) in [4.78, 5) is 12.1. The van der Waals surface area contributed by atoms with Gasteiger partial charge in [-0.3, -0.25) is 4.79 Å². The monoisotopic (exact) mass is 401 g/mol. The highest BCUT2D eigenvalue weighted by atomic mass is 35.5. The Labute approximate surface area is 156 Å². The summed E-state index contributed by atoms with van der Waals surface area (Å²) < 4.78 is 28.5. The third kappa shape index (κ3) is 6.23. The van der Waals surface area contributed by atoms with E-state index in [4.69, 9.17) is 27.9 Å². The molecule has 1 N–H and O–H groups in total. The molecule has 0 aliphatic heterocycles. The molecule has 134 valence electrons. The van der Waals surface area contributed by atoms with Crippen molar-refractivity contribution in [2.45, 2.75) is 17.7 Å². The standard InChI is InChI=1S/C17H17Cl2NO4S/c1-25(22,23)14-5-2-4-13(11-14)20-17(21)6-3-9-24-16-8-7-12(18)10-15(16)19/h2,4-5,7-8,10-11H,3,6,9H2,1H3,(H,20,21). The fourth-order valence-corrected chi connectivity index (χ4v) is 3.16. The molecule has 0 radical (unpaired) electrons. The third-order valence-electron chi connectivity index (χ3n) is 3.25. The molecule has 2 aromatic carbocycles. The van der Waals surface area contributed by atoms with Gasteiger partial charge in [0.25, 0.3) is 0 Å². The Morgan fingerprint density at radius 3 is 2.60 bits per heavy atom. The largest absolute Gasteiger partial charge is 0.492 e. The van der Waals surface area contributed by atoms with Gasteiger partial charge in [-0.15, -0.1) is 0 Å². The summed E-state index contributed by atoms with van der Waals surface area (Å²) >= 11 is 11.8. The molecule has 0 fully saturated rings. The Bertz CT molecular complexity index is 869. The Morgan fingerprint density at radius 2 is 1.92 bits per heavy atom. The fourth-order valence-electron chi connectivity index (χ4n) is 2.04. The lowest BCUT2D eigenvalue weighted by Gasteiger charge is -2.09. The van der Waals surface area contributed by atoms with Crippen LogP contribution in [0.25, 0.3) is 0 Å². The van der Waals surface area contributed by atoms with Gasteiger partial charge in [0.2, 0.25) is 5.91 Å². The smallest absolute Gasteiger partial charge is 0.224 e. The summed E-state index contributed by atoms with van der Waals surface area (Å²) in [6, 6.07) is 11.0. The molecule has 0 aliphatic carbocycles. The Kier molecular flexibility index (Phi) is 6.70. The average molecular weight is 402 g/mol. The van der Waals surface area contributed by atoms with Gasteiger partial charge in [-0.1, -0.05) is 29.3 Å². The molecular weight excluding hydrogens is 385 g/mol. The van der Waals surface area contributed by atoms with E-state index in [9.17, 15) is 13.2 Å². The minimum absolute atomic E-state index is 0.158. The van der Waals surface area contributed by atoms with E-state index in [0.29, 0.717) is 34.5 Å². The summed E-state index contributed by atoms with van der Waals surface area (Å²) in [7, 11) is -3.31. The predicted molar refractivity (Wildman–Crippen MR) is 99.4 cm³/mol. The van der Waals surface area contributed by atoms with E-state index in [-0.39, 0.29) is 17.2 Å². The van der Waals surface area contributed by atoms with Gasteiger partial charge in [-0.25, -0.2) is 8.42 Å². The minimum atomic E-state index is -3.31. The second kappa shape index (κ2) is 8.56. The number of hydrogen-bond acceptors (Lipinski definition) is 4. The molecule has 0 bridgehead atoms. The zero-order valence-electron chi connectivity index (χ0n) is 13.5. The van der Waals surface area contributed by atoms with Crippen molar-refractivity contribution in [2.75, 3.05) is 18.2 Å². The molecule has 0 saturated carbocycles. The molecule has 25 heavy (non-hydrogen) atoms. The number of anilines is 1. The van der Waals surface area contributed by atoms with Crippen molar-refractivity contribution < 1.29 is 17.9 Å². The molecule has 2 rings (SSSR count). The molecule has 0 aliphatic rings. The molecule has 0 heterocycles. The van der Waals surface area contributed by atoms with E-state index in [0.717, 1.165) is 6.26 Å². The zero-order chi connectivity index (χ0) is 18.4. The van der Waals surface area contributed by atoms with E-state index >= 15 is 0 Å². The van der Waals surface area contributed by atoms with Gasteiger partial charge >= 0.3 is 0 Å². The first-order valence-corrected chi connectivity index (χ1v) is 10.1. The highest BCUT2D eigenvalue weighted by molar-refractivity contribution is 7.90. The molecule has 0 aromatic heterocycles. The van der Waals surface area contributed by atoms with Crippen molar-refractivity contribution in [3.8, 4) is 5.75 Å². The van der Waals surface area contributed by atoms with Crippen molar-refractivity contribution in [3.05, 3.63) is 52.5 Å². The van der Waals surface area contributed by atoms with E-state index in [1.807, 2.05) is 0 Å². The number of carbonyl (C=O) groups is 1. The van der Waals surface area contributed by atoms with E-state index in [1.54, 1.807) is 30.3 Å². The zero-order valence-corrected chi connectivity index (χ0v) is 15.8. The lowest BCUT2D eigenvalue weighted by atomic mass is 10.2. The van der Waals surface area contributed by atoms with Crippen molar-refractivity contribution in [2.24, 2.45) is 0 Å². The molecular formula is C17H17Cl2NO4S. The average Bonchev–Trinajstić information content (AvgIpc) is 2.52. The van der Waals surface area contributed by atoms with Crippen LogP contribution >= 0.6 is 23.2 Å². The number of carbonyl (C=O) groups excluding carboxylic acids is 1. The lowest BCUT2D eigenvalue weighted by molar-refractivity contribution is -0.116. The second-order valence-corrected chi connectivity index (χ2v) is 8.23. The van der Waals surface area contributed by atoms with Crippen molar-refractivity contribution in [1.82, 2.24) is 0 Å². The SMILES string of the molecule is CS(=O)(=O)c1cccc(NC(=O)CCCOc2ccc(Cl)cc2Cl)c1. The first-order valence-electron chi connectivity index (χ1n) is 7.43. The Balaban J connectivity index is 1.81. The summed E-state index contributed by atoms with van der Waals surface area (Å²) in [5.74, 6) is 0.281. The van der Waals surface area contributed by atoms with E-state index < -0.39 is 9.84 Å². The van der Waals surface area contributed by atoms with Crippen molar-refractivity contribution >= 4 is 44.6 Å². The van der Waals surface area contributed by atoms with Crippen LogP contribution in [0.15, 0.2) is 47.4 Å². The van der Waals surface area contributed by atoms with Gasteiger partial charge in [-0.2, -0.15) is 0 Å². The van der Waals surface area contributed by atoms with Crippen LogP contribution in [0.3, 0.4) is 0 Å². The van der Waals surface area contributed by atoms with Crippen LogP contribution in [0.4, 0.5) is 5.69 Å². The number of hydrogen-bond donors (Lipinski definition) is 1. The Morgan fingerprint density at radius 1 is 1.16 bits per heavy atom. The van der Waals surface area contributed by atoms with Gasteiger partial charge in [0.15, 0.2) is 9.84 Å². The third-order valence-corrected chi connectivity index (χ3v) is 4.89. The fraction of sp³-hybridized carbons (Fsp3) is 0.235. The Hall–Kier alpha value is -1.76. The predicted octanol–water partition coefficient (Wildman–Crippen LogP) is 4.19. The lowest BCUT2D eigenvalue weighted by Crippen LogP contribution is -2.13. The molecule has 8 heteroatoms. The number of benzene rings is 2. The van der Waals surface area contributed by atoms with Crippen LogP contribution < -0.4 is 10.1 Å². The maximum absolute atomic E-state index is 11.9. The van der Waals surface area contributed by atoms with E-state index in [1.165, 1.54) is 12.1 Å². The van der Waals surface area contributed by atoms with Crippen molar-refractivity contribution in [1.29, 1.82) is 0 Å². The summed E-state index contributed by atoms with van der Waals surface area (Å²) in [6.45, 7) is 0.318. The van der Waals surface area contributed by atoms with Crippen LogP contribution in [-0.2, 0) is 14.6 Å². The normalized spacial score (nSPS) is 11.2. The summed E-state index contributed by atoms with van der Waals surface area (Å²) in [5.41, 5.74) is 0.439. The highest BCUT2D eigenvalue weighted by Gasteiger charge is 2.09. The van der Waals surface area contributed by atoms with Crippen LogP contribution in [0.1, 0.15) is 12.8 Å². The van der Waals surface area contributed by atoms with Gasteiger partial charge in [0.05, 0.1) is 16.5 Å². The van der Waals surface area contributed by atoms with Crippen LogP contribution in [-0.4, -0.2) is 27.2 Å². The van der Waals surface area contributed by atoms with Crippen molar-refractivity contribution in [3.63, 3.8) is 0 Å². The number of sulfone groups is 1. The van der Waals surface area contributed by atoms with E-state index in [2.05, 4.69) is 5.32 Å². The number of ether oxygens (including phenoxy) is 1. The summed E-state index contributed by atoms with van der Waals surface area (Å²) in [5, 5.41) is 3.60. The van der Waals surface area contributed by atoms with Gasteiger partial charge in [0.1, 0.15) is 5.75 Å². The van der Waals surface area contributed by atoms with Gasteiger partial charge < -0.3 is 10.1 Å². The number of rotatable bonds is 7.